The number of ketones is 1. The van der Waals surface area contributed by atoms with Gasteiger partial charge in [-0.2, -0.15) is 5.26 Å². The van der Waals surface area contributed by atoms with E-state index in [1.165, 1.54) is 0 Å². The van der Waals surface area contributed by atoms with Crippen molar-refractivity contribution in [2.75, 3.05) is 18.0 Å². The second-order valence-corrected chi connectivity index (χ2v) is 7.40. The molecule has 3 heterocycles. The van der Waals surface area contributed by atoms with Crippen molar-refractivity contribution in [1.29, 1.82) is 5.26 Å². The Bertz CT molecular complexity index is 696. The highest BCUT2D eigenvalue weighted by atomic mass is 16.7. The highest BCUT2D eigenvalue weighted by Gasteiger charge is 2.52. The molecule has 0 saturated carbocycles. The number of piperidine rings is 1. The third-order valence-corrected chi connectivity index (χ3v) is 5.08. The van der Waals surface area contributed by atoms with Crippen LogP contribution in [-0.4, -0.2) is 42.2 Å². The molecule has 126 valence electrons. The van der Waals surface area contributed by atoms with Gasteiger partial charge in [0.15, 0.2) is 5.78 Å². The molecule has 0 spiro atoms. The quantitative estimate of drug-likeness (QED) is 0.765. The Labute approximate surface area is 142 Å². The second kappa shape index (κ2) is 5.87. The van der Waals surface area contributed by atoms with Gasteiger partial charge in [-0.3, -0.25) is 4.79 Å². The molecule has 2 aliphatic heterocycles. The van der Waals surface area contributed by atoms with Crippen LogP contribution in [0.4, 0.5) is 5.82 Å². The minimum Gasteiger partial charge on any atom is -0.399 e. The topological polar surface area (TPSA) is 75.5 Å². The fourth-order valence-electron chi connectivity index (χ4n) is 2.93. The Hall–Kier alpha value is -1.91. The zero-order valence-electron chi connectivity index (χ0n) is 14.6. The lowest BCUT2D eigenvalue weighted by Gasteiger charge is -2.32. The van der Waals surface area contributed by atoms with Gasteiger partial charge in [0.05, 0.1) is 23.3 Å². The predicted octanol–water partition coefficient (Wildman–Crippen LogP) is 1.42. The molecule has 0 aromatic carbocycles. The maximum absolute atomic E-state index is 11.7. The predicted molar refractivity (Wildman–Crippen MR) is 91.1 cm³/mol. The number of Topliss-reactive ketones (excluding diaryl/α,β-unsaturated/α-hetero) is 1. The third kappa shape index (κ3) is 2.92. The molecule has 1 aromatic heterocycles. The Morgan fingerprint density at radius 1 is 1.29 bits per heavy atom. The molecule has 0 bridgehead atoms. The van der Waals surface area contributed by atoms with E-state index in [9.17, 15) is 10.1 Å². The molecule has 2 fully saturated rings. The Balaban J connectivity index is 1.88. The van der Waals surface area contributed by atoms with Crippen LogP contribution >= 0.6 is 0 Å². The number of nitrogens with zero attached hydrogens (tertiary/aromatic N) is 3. The number of pyridine rings is 1. The molecule has 0 radical (unpaired) electrons. The maximum atomic E-state index is 11.7. The van der Waals surface area contributed by atoms with Crippen LogP contribution in [0.2, 0.25) is 0 Å². The summed E-state index contributed by atoms with van der Waals surface area (Å²) >= 11 is 0. The van der Waals surface area contributed by atoms with Crippen LogP contribution in [0.1, 0.15) is 46.1 Å². The SMILES string of the molecule is CC1(C)OB(c2cnc(N3CCCC(=O)C3)c(C#N)c2)OC1(C)C. The smallest absolute Gasteiger partial charge is 0.399 e. The first-order valence-electron chi connectivity index (χ1n) is 8.26. The van der Waals surface area contributed by atoms with Crippen molar-refractivity contribution in [2.24, 2.45) is 0 Å². The van der Waals surface area contributed by atoms with Gasteiger partial charge in [-0.25, -0.2) is 4.98 Å². The molecule has 24 heavy (non-hydrogen) atoms. The number of carbonyl (C=O) groups is 1. The van der Waals surface area contributed by atoms with Crippen LogP contribution in [0.15, 0.2) is 12.3 Å². The molecule has 6 nitrogen and oxygen atoms in total. The van der Waals surface area contributed by atoms with E-state index in [0.29, 0.717) is 24.3 Å². The Morgan fingerprint density at radius 3 is 2.54 bits per heavy atom. The van der Waals surface area contributed by atoms with E-state index >= 15 is 0 Å². The van der Waals surface area contributed by atoms with Crippen LogP contribution in [0.3, 0.4) is 0 Å². The first-order valence-corrected chi connectivity index (χ1v) is 8.26. The Morgan fingerprint density at radius 2 is 1.96 bits per heavy atom. The molecular weight excluding hydrogens is 305 g/mol. The molecular formula is C17H22BN3O3. The first-order chi connectivity index (χ1) is 11.2. The van der Waals surface area contributed by atoms with Gasteiger partial charge in [0, 0.05) is 24.6 Å². The molecule has 0 unspecified atom stereocenters. The summed E-state index contributed by atoms with van der Waals surface area (Å²) in [5.41, 5.74) is 0.277. The van der Waals surface area contributed by atoms with Crippen molar-refractivity contribution in [3.8, 4) is 6.07 Å². The molecule has 3 rings (SSSR count). The standard InChI is InChI=1S/C17H22BN3O3/c1-16(2)17(3,4)24-18(23-16)13-8-12(9-19)15(20-10-13)21-7-5-6-14(22)11-21/h8,10H,5-7,11H2,1-4H3. The van der Waals surface area contributed by atoms with Crippen molar-refractivity contribution in [2.45, 2.75) is 51.7 Å². The summed E-state index contributed by atoms with van der Waals surface area (Å²) in [6, 6.07) is 3.94. The number of hydrogen-bond acceptors (Lipinski definition) is 6. The van der Waals surface area contributed by atoms with Crippen molar-refractivity contribution in [3.05, 3.63) is 17.8 Å². The summed E-state index contributed by atoms with van der Waals surface area (Å²) in [6.07, 6.45) is 3.08. The summed E-state index contributed by atoms with van der Waals surface area (Å²) in [6.45, 7) is 9.00. The molecule has 1 aromatic rings. The molecule has 0 N–H and O–H groups in total. The Kier molecular flexibility index (Phi) is 4.14. The van der Waals surface area contributed by atoms with Crippen molar-refractivity contribution in [1.82, 2.24) is 4.98 Å². The van der Waals surface area contributed by atoms with Gasteiger partial charge in [0.2, 0.25) is 0 Å². The third-order valence-electron chi connectivity index (χ3n) is 5.08. The van der Waals surface area contributed by atoms with Crippen LogP contribution in [0, 0.1) is 11.3 Å². The van der Waals surface area contributed by atoms with Crippen molar-refractivity contribution >= 4 is 24.2 Å². The highest BCUT2D eigenvalue weighted by molar-refractivity contribution is 6.62. The highest BCUT2D eigenvalue weighted by Crippen LogP contribution is 2.36. The summed E-state index contributed by atoms with van der Waals surface area (Å²) in [5, 5.41) is 9.50. The fourth-order valence-corrected chi connectivity index (χ4v) is 2.93. The van der Waals surface area contributed by atoms with Gasteiger partial charge in [-0.1, -0.05) is 0 Å². The van der Waals surface area contributed by atoms with Crippen molar-refractivity contribution < 1.29 is 14.1 Å². The number of carbonyl (C=O) groups excluding carboxylic acids is 1. The minimum absolute atomic E-state index is 0.182. The number of anilines is 1. The molecule has 2 aliphatic rings. The van der Waals surface area contributed by atoms with Gasteiger partial charge in [0.1, 0.15) is 11.9 Å². The van der Waals surface area contributed by atoms with E-state index in [1.807, 2.05) is 32.6 Å². The first kappa shape index (κ1) is 16.9. The van der Waals surface area contributed by atoms with E-state index in [4.69, 9.17) is 9.31 Å². The van der Waals surface area contributed by atoms with E-state index < -0.39 is 18.3 Å². The number of nitriles is 1. The van der Waals surface area contributed by atoms with Gasteiger partial charge >= 0.3 is 7.12 Å². The molecule has 2 saturated heterocycles. The number of rotatable bonds is 2. The number of aromatic nitrogens is 1. The summed E-state index contributed by atoms with van der Waals surface area (Å²) in [7, 11) is -0.549. The van der Waals surface area contributed by atoms with Gasteiger partial charge in [-0.05, 0) is 40.2 Å². The molecule has 0 amide bonds. The van der Waals surface area contributed by atoms with Gasteiger partial charge in [-0.15, -0.1) is 0 Å². The fraction of sp³-hybridized carbons (Fsp3) is 0.588. The van der Waals surface area contributed by atoms with Crippen LogP contribution in [0.5, 0.6) is 0 Å². The van der Waals surface area contributed by atoms with E-state index in [2.05, 4.69) is 11.1 Å². The summed E-state index contributed by atoms with van der Waals surface area (Å²) in [4.78, 5) is 18.0. The van der Waals surface area contributed by atoms with Crippen molar-refractivity contribution in [3.63, 3.8) is 0 Å². The van der Waals surface area contributed by atoms with Crippen LogP contribution in [-0.2, 0) is 14.1 Å². The van der Waals surface area contributed by atoms with E-state index in [1.54, 1.807) is 12.3 Å². The van der Waals surface area contributed by atoms with Crippen LogP contribution in [0.25, 0.3) is 0 Å². The van der Waals surface area contributed by atoms with Gasteiger partial charge < -0.3 is 14.2 Å². The largest absolute Gasteiger partial charge is 0.496 e. The van der Waals surface area contributed by atoms with E-state index in [-0.39, 0.29) is 5.78 Å². The summed E-state index contributed by atoms with van der Waals surface area (Å²) in [5.74, 6) is 0.743. The normalized spacial score (nSPS) is 22.5. The van der Waals surface area contributed by atoms with Gasteiger partial charge in [0.25, 0.3) is 0 Å². The maximum Gasteiger partial charge on any atom is 0.496 e. The lowest BCUT2D eigenvalue weighted by molar-refractivity contribution is -0.118. The summed E-state index contributed by atoms with van der Waals surface area (Å²) < 4.78 is 12.0. The molecule has 7 heteroatoms. The zero-order chi connectivity index (χ0) is 17.5. The monoisotopic (exact) mass is 327 g/mol. The average molecular weight is 327 g/mol. The molecule has 0 atom stereocenters. The lowest BCUT2D eigenvalue weighted by Crippen LogP contribution is -2.41. The van der Waals surface area contributed by atoms with E-state index in [0.717, 1.165) is 18.4 Å². The minimum atomic E-state index is -0.549. The molecule has 0 aliphatic carbocycles. The average Bonchev–Trinajstić information content (AvgIpc) is 2.75. The second-order valence-electron chi connectivity index (χ2n) is 7.40. The van der Waals surface area contributed by atoms with Crippen LogP contribution < -0.4 is 10.4 Å². The lowest BCUT2D eigenvalue weighted by atomic mass is 9.79. The number of hydrogen-bond donors (Lipinski definition) is 0. The zero-order valence-corrected chi connectivity index (χ0v) is 14.6.